The van der Waals surface area contributed by atoms with Gasteiger partial charge in [0.25, 0.3) is 17.5 Å². The van der Waals surface area contributed by atoms with Crippen molar-refractivity contribution in [3.63, 3.8) is 0 Å². The fourth-order valence-electron chi connectivity index (χ4n) is 2.74. The van der Waals surface area contributed by atoms with Gasteiger partial charge in [-0.25, -0.2) is 0 Å². The van der Waals surface area contributed by atoms with E-state index in [1.54, 1.807) is 0 Å². The Balaban J connectivity index is 2.89. The van der Waals surface area contributed by atoms with Crippen LogP contribution >= 0.6 is 0 Å². The number of benzene rings is 1. The van der Waals surface area contributed by atoms with E-state index in [1.165, 1.54) is 0 Å². The Kier molecular flexibility index (Phi) is 4.07. The molecule has 3 amide bonds. The Morgan fingerprint density at radius 1 is 1.38 bits per heavy atom. The summed E-state index contributed by atoms with van der Waals surface area (Å²) in [6.07, 6.45) is -0.787. The van der Waals surface area contributed by atoms with Crippen molar-refractivity contribution < 1.29 is 28.8 Å². The molecule has 1 atom stereocenters. The molecule has 1 unspecified atom stereocenters. The number of imide groups is 1. The molecule has 0 radical (unpaired) electrons. The molecule has 126 valence electrons. The average molecular weight is 335 g/mol. The molecule has 0 aromatic heterocycles. The topological polar surface area (TPSA) is 150 Å². The van der Waals surface area contributed by atoms with Gasteiger partial charge < -0.3 is 10.5 Å². The van der Waals surface area contributed by atoms with Gasteiger partial charge in [-0.1, -0.05) is 0 Å². The summed E-state index contributed by atoms with van der Waals surface area (Å²) < 4.78 is 4.63. The minimum Gasteiger partial charge on any atom is -0.468 e. The zero-order chi connectivity index (χ0) is 18.2. The molecule has 1 heterocycles. The second-order valence-corrected chi connectivity index (χ2v) is 5.20. The SMILES string of the molecule is COC(=O)C1(CC(N)=O)C(=O)N(C)C(=O)c2ccc([N+](=O)[O-])cc21. The molecule has 0 fully saturated rings. The summed E-state index contributed by atoms with van der Waals surface area (Å²) in [5.41, 5.74) is 2.08. The van der Waals surface area contributed by atoms with Crippen molar-refractivity contribution in [3.05, 3.63) is 39.4 Å². The highest BCUT2D eigenvalue weighted by Crippen LogP contribution is 2.40. The normalized spacial score (nSPS) is 19.7. The number of non-ortho nitro benzene ring substituents is 1. The molecular formula is C14H13N3O7. The summed E-state index contributed by atoms with van der Waals surface area (Å²) in [5, 5.41) is 11.0. The molecule has 0 bridgehead atoms. The number of ether oxygens (including phenoxy) is 1. The second kappa shape index (κ2) is 5.72. The number of nitro benzene ring substituents is 1. The highest BCUT2D eigenvalue weighted by molar-refractivity contribution is 6.22. The predicted molar refractivity (Wildman–Crippen MR) is 77.7 cm³/mol. The van der Waals surface area contributed by atoms with Gasteiger partial charge in [-0.3, -0.25) is 34.2 Å². The number of rotatable bonds is 4. The minimum absolute atomic E-state index is 0.116. The molecule has 1 aliphatic heterocycles. The first-order valence-electron chi connectivity index (χ1n) is 6.65. The van der Waals surface area contributed by atoms with E-state index in [4.69, 9.17) is 5.73 Å². The van der Waals surface area contributed by atoms with Gasteiger partial charge in [0.15, 0.2) is 5.41 Å². The van der Waals surface area contributed by atoms with Gasteiger partial charge in [0.05, 0.1) is 18.5 Å². The number of carbonyl (C=O) groups excluding carboxylic acids is 4. The Labute approximate surface area is 135 Å². The number of carbonyl (C=O) groups is 4. The molecule has 2 N–H and O–H groups in total. The molecular weight excluding hydrogens is 322 g/mol. The number of methoxy groups -OCH3 is 1. The van der Waals surface area contributed by atoms with Crippen LogP contribution < -0.4 is 5.73 Å². The maximum Gasteiger partial charge on any atom is 0.326 e. The van der Waals surface area contributed by atoms with E-state index in [0.717, 1.165) is 32.4 Å². The van der Waals surface area contributed by atoms with E-state index in [9.17, 15) is 29.3 Å². The largest absolute Gasteiger partial charge is 0.468 e. The standard InChI is InChI=1S/C14H13N3O7/c1-16-11(19)8-4-3-7(17(22)23)5-9(8)14(12(16)20,6-10(15)18)13(21)24-2/h3-5H,6H2,1-2H3,(H2,15,18). The maximum atomic E-state index is 12.7. The van der Waals surface area contributed by atoms with Crippen LogP contribution in [-0.4, -0.2) is 47.7 Å². The van der Waals surface area contributed by atoms with Gasteiger partial charge in [0.2, 0.25) is 5.91 Å². The Hall–Kier alpha value is -3.30. The first-order chi connectivity index (χ1) is 11.2. The summed E-state index contributed by atoms with van der Waals surface area (Å²) in [5.74, 6) is -3.93. The van der Waals surface area contributed by atoms with Gasteiger partial charge in [0, 0.05) is 24.7 Å². The van der Waals surface area contributed by atoms with Crippen LogP contribution in [0.5, 0.6) is 0 Å². The van der Waals surface area contributed by atoms with Gasteiger partial charge in [-0.15, -0.1) is 0 Å². The fourth-order valence-corrected chi connectivity index (χ4v) is 2.74. The zero-order valence-electron chi connectivity index (χ0n) is 12.8. The first kappa shape index (κ1) is 17.1. The summed E-state index contributed by atoms with van der Waals surface area (Å²) in [7, 11) is 2.12. The quantitative estimate of drug-likeness (QED) is 0.256. The second-order valence-electron chi connectivity index (χ2n) is 5.20. The summed E-state index contributed by atoms with van der Waals surface area (Å²) in [6.45, 7) is 0. The minimum atomic E-state index is -2.25. The number of fused-ring (bicyclic) bond motifs is 1. The molecule has 10 heteroatoms. The molecule has 0 aliphatic carbocycles. The number of hydrogen-bond acceptors (Lipinski definition) is 7. The van der Waals surface area contributed by atoms with Gasteiger partial charge in [0.1, 0.15) is 0 Å². The van der Waals surface area contributed by atoms with Crippen molar-refractivity contribution in [1.29, 1.82) is 0 Å². The molecule has 24 heavy (non-hydrogen) atoms. The number of nitrogens with two attached hydrogens (primary N) is 1. The van der Waals surface area contributed by atoms with E-state index < -0.39 is 46.1 Å². The lowest BCUT2D eigenvalue weighted by Crippen LogP contribution is -2.58. The van der Waals surface area contributed by atoms with E-state index in [-0.39, 0.29) is 11.1 Å². The molecule has 10 nitrogen and oxygen atoms in total. The number of esters is 1. The lowest BCUT2D eigenvalue weighted by Gasteiger charge is -2.37. The molecule has 0 saturated heterocycles. The summed E-state index contributed by atoms with van der Waals surface area (Å²) >= 11 is 0. The fraction of sp³-hybridized carbons (Fsp3) is 0.286. The number of hydrogen-bond donors (Lipinski definition) is 1. The highest BCUT2D eigenvalue weighted by atomic mass is 16.6. The third-order valence-corrected chi connectivity index (χ3v) is 3.85. The van der Waals surface area contributed by atoms with E-state index >= 15 is 0 Å². The highest BCUT2D eigenvalue weighted by Gasteiger charge is 2.57. The molecule has 0 spiro atoms. The van der Waals surface area contributed by atoms with Gasteiger partial charge in [-0.05, 0) is 11.6 Å². The Morgan fingerprint density at radius 2 is 2.00 bits per heavy atom. The molecule has 1 aromatic carbocycles. The van der Waals surface area contributed by atoms with Crippen LogP contribution in [0.3, 0.4) is 0 Å². The van der Waals surface area contributed by atoms with Crippen LogP contribution in [0.2, 0.25) is 0 Å². The smallest absolute Gasteiger partial charge is 0.326 e. The molecule has 1 aliphatic rings. The first-order valence-corrected chi connectivity index (χ1v) is 6.65. The van der Waals surface area contributed by atoms with Crippen LogP contribution in [0.1, 0.15) is 22.3 Å². The molecule has 0 saturated carbocycles. The van der Waals surface area contributed by atoms with Crippen molar-refractivity contribution in [2.45, 2.75) is 11.8 Å². The van der Waals surface area contributed by atoms with Crippen LogP contribution in [0.25, 0.3) is 0 Å². The van der Waals surface area contributed by atoms with Crippen molar-refractivity contribution in [1.82, 2.24) is 4.90 Å². The molecule has 1 aromatic rings. The summed E-state index contributed by atoms with van der Waals surface area (Å²) in [6, 6.07) is 3.10. The van der Waals surface area contributed by atoms with Crippen molar-refractivity contribution >= 4 is 29.4 Å². The van der Waals surface area contributed by atoms with Crippen molar-refractivity contribution in [3.8, 4) is 0 Å². The predicted octanol–water partition coefficient (Wildman–Crippen LogP) is -0.507. The average Bonchev–Trinajstić information content (AvgIpc) is 2.55. The third kappa shape index (κ3) is 2.28. The van der Waals surface area contributed by atoms with Crippen LogP contribution in [0.4, 0.5) is 5.69 Å². The Morgan fingerprint density at radius 3 is 2.50 bits per heavy atom. The maximum absolute atomic E-state index is 12.7. The lowest BCUT2D eigenvalue weighted by molar-refractivity contribution is -0.385. The van der Waals surface area contributed by atoms with Gasteiger partial charge in [-0.2, -0.15) is 0 Å². The number of likely N-dealkylation sites (N-methyl/N-ethyl adjacent to an activating group) is 1. The number of nitro groups is 1. The number of primary amides is 1. The third-order valence-electron chi connectivity index (χ3n) is 3.85. The van der Waals surface area contributed by atoms with Crippen LogP contribution in [-0.2, 0) is 24.5 Å². The lowest BCUT2D eigenvalue weighted by atomic mass is 9.71. The van der Waals surface area contributed by atoms with Crippen molar-refractivity contribution in [2.24, 2.45) is 5.73 Å². The number of amides is 3. The van der Waals surface area contributed by atoms with Crippen molar-refractivity contribution in [2.75, 3.05) is 14.2 Å². The van der Waals surface area contributed by atoms with E-state index in [1.807, 2.05) is 0 Å². The zero-order valence-corrected chi connectivity index (χ0v) is 12.8. The molecule has 2 rings (SSSR count). The monoisotopic (exact) mass is 335 g/mol. The van der Waals surface area contributed by atoms with Crippen LogP contribution in [0, 0.1) is 10.1 Å². The Bertz CT molecular complexity index is 789. The van der Waals surface area contributed by atoms with Crippen LogP contribution in [0.15, 0.2) is 18.2 Å². The van der Waals surface area contributed by atoms with E-state index in [0.29, 0.717) is 4.90 Å². The number of nitrogens with zero attached hydrogens (tertiary/aromatic N) is 2. The summed E-state index contributed by atoms with van der Waals surface area (Å²) in [4.78, 5) is 59.7. The van der Waals surface area contributed by atoms with Gasteiger partial charge >= 0.3 is 5.97 Å². The van der Waals surface area contributed by atoms with E-state index in [2.05, 4.69) is 4.74 Å².